The Balaban J connectivity index is 1.74. The molecule has 6 heteroatoms. The highest BCUT2D eigenvalue weighted by atomic mass is 32.1. The van der Waals surface area contributed by atoms with Crippen molar-refractivity contribution in [2.24, 2.45) is 5.92 Å². The monoisotopic (exact) mass is 374 g/mol. The molecule has 0 aromatic carbocycles. The predicted octanol–water partition coefficient (Wildman–Crippen LogP) is 5.18. The topological polar surface area (TPSA) is 25.4 Å². The lowest BCUT2D eigenvalue weighted by Gasteiger charge is -2.21. The van der Waals surface area contributed by atoms with Gasteiger partial charge in [-0.3, -0.25) is 0 Å². The van der Waals surface area contributed by atoms with Gasteiger partial charge in [0.05, 0.1) is 5.69 Å². The van der Waals surface area contributed by atoms with Crippen molar-refractivity contribution in [1.29, 1.82) is 0 Å². The Kier molecular flexibility index (Phi) is 8.07. The molecule has 0 aliphatic carbocycles. The van der Waals surface area contributed by atoms with Gasteiger partial charge in [0.1, 0.15) is 0 Å². The Morgan fingerprint density at radius 3 is 2.72 bits per heavy atom. The van der Waals surface area contributed by atoms with E-state index in [9.17, 15) is 8.78 Å². The number of unbranched alkanes of at least 4 members (excludes halogenated alkanes) is 2. The summed E-state index contributed by atoms with van der Waals surface area (Å²) in [6.45, 7) is 8.06. The van der Waals surface area contributed by atoms with Crippen molar-refractivity contribution in [3.63, 3.8) is 0 Å². The first-order valence-electron chi connectivity index (χ1n) is 9.59. The number of thiazole rings is 1. The van der Waals surface area contributed by atoms with Crippen molar-refractivity contribution in [3.05, 3.63) is 10.6 Å². The lowest BCUT2D eigenvalue weighted by molar-refractivity contribution is -0.0230. The highest BCUT2D eigenvalue weighted by molar-refractivity contribution is 7.13. The van der Waals surface area contributed by atoms with E-state index in [1.165, 1.54) is 48.3 Å². The number of hydrogen-bond donors (Lipinski definition) is 0. The van der Waals surface area contributed by atoms with Crippen LogP contribution in [0.3, 0.4) is 0 Å². The van der Waals surface area contributed by atoms with E-state index in [0.29, 0.717) is 5.19 Å². The van der Waals surface area contributed by atoms with E-state index in [0.717, 1.165) is 51.0 Å². The van der Waals surface area contributed by atoms with Crippen molar-refractivity contribution in [1.82, 2.24) is 9.88 Å². The number of halogens is 2. The Hall–Kier alpha value is -0.750. The van der Waals surface area contributed by atoms with E-state index in [4.69, 9.17) is 4.74 Å². The van der Waals surface area contributed by atoms with Gasteiger partial charge in [0.2, 0.25) is 0 Å². The molecule has 0 spiro atoms. The number of aromatic nitrogens is 1. The molecule has 0 saturated heterocycles. The zero-order valence-electron chi connectivity index (χ0n) is 15.8. The second kappa shape index (κ2) is 9.81. The molecule has 1 aliphatic heterocycles. The molecule has 2 rings (SSSR count). The van der Waals surface area contributed by atoms with Crippen molar-refractivity contribution in [2.75, 3.05) is 26.2 Å². The summed E-state index contributed by atoms with van der Waals surface area (Å²) in [6.07, 6.45) is 8.40. The first-order chi connectivity index (χ1) is 11.9. The van der Waals surface area contributed by atoms with Crippen molar-refractivity contribution < 1.29 is 13.5 Å². The fourth-order valence-corrected chi connectivity index (χ4v) is 4.09. The molecule has 0 saturated carbocycles. The van der Waals surface area contributed by atoms with Crippen LogP contribution in [-0.4, -0.2) is 42.0 Å². The van der Waals surface area contributed by atoms with Crippen LogP contribution in [-0.2, 0) is 12.8 Å². The molecule has 3 nitrogen and oxygen atoms in total. The van der Waals surface area contributed by atoms with Crippen LogP contribution in [0.25, 0.3) is 0 Å². The quantitative estimate of drug-likeness (QED) is 0.527. The van der Waals surface area contributed by atoms with Gasteiger partial charge in [-0.2, -0.15) is 0 Å². The van der Waals surface area contributed by atoms with Crippen LogP contribution in [0.15, 0.2) is 0 Å². The Morgan fingerprint density at radius 2 is 2.00 bits per heavy atom. The summed E-state index contributed by atoms with van der Waals surface area (Å²) in [6, 6.07) is 0. The average Bonchev–Trinajstić information content (AvgIpc) is 2.85. The number of nitrogens with zero attached hydrogens (tertiary/aromatic N) is 2. The molecule has 2 heterocycles. The van der Waals surface area contributed by atoms with Crippen molar-refractivity contribution in [2.45, 2.75) is 71.6 Å². The minimum Gasteiger partial charge on any atom is -0.464 e. The molecule has 1 atom stereocenters. The normalized spacial score (nSPS) is 17.2. The largest absolute Gasteiger partial charge is 0.464 e. The molecule has 0 bridgehead atoms. The van der Waals surface area contributed by atoms with Gasteiger partial charge in [-0.15, -0.1) is 0 Å². The van der Waals surface area contributed by atoms with Crippen LogP contribution in [0, 0.1) is 5.92 Å². The third kappa shape index (κ3) is 7.57. The van der Waals surface area contributed by atoms with Gasteiger partial charge in [0, 0.05) is 31.3 Å². The summed E-state index contributed by atoms with van der Waals surface area (Å²) in [5.41, 5.74) is 1.04. The summed E-state index contributed by atoms with van der Waals surface area (Å²) in [7, 11) is 0. The van der Waals surface area contributed by atoms with E-state index in [-0.39, 0.29) is 0 Å². The SMILES string of the molecule is CCCCC[C@H](C)CCN1CCc2nc(OCC(C)(F)F)sc2CC1. The highest BCUT2D eigenvalue weighted by Gasteiger charge is 2.24. The molecule has 1 aliphatic rings. The van der Waals surface area contributed by atoms with Crippen LogP contribution in [0.5, 0.6) is 5.19 Å². The minimum atomic E-state index is -2.81. The second-order valence-electron chi connectivity index (χ2n) is 7.44. The van der Waals surface area contributed by atoms with Crippen molar-refractivity contribution in [3.8, 4) is 5.19 Å². The third-order valence-electron chi connectivity index (χ3n) is 4.77. The average molecular weight is 375 g/mol. The van der Waals surface area contributed by atoms with Gasteiger partial charge in [-0.05, 0) is 25.3 Å². The first kappa shape index (κ1) is 20.6. The first-order valence-corrected chi connectivity index (χ1v) is 10.4. The van der Waals surface area contributed by atoms with Crippen LogP contribution in [0.4, 0.5) is 8.78 Å². The maximum Gasteiger partial charge on any atom is 0.278 e. The molecule has 25 heavy (non-hydrogen) atoms. The van der Waals surface area contributed by atoms with Gasteiger partial charge in [0.15, 0.2) is 6.61 Å². The Morgan fingerprint density at radius 1 is 1.24 bits per heavy atom. The highest BCUT2D eigenvalue weighted by Crippen LogP contribution is 2.29. The van der Waals surface area contributed by atoms with E-state index in [1.54, 1.807) is 0 Å². The zero-order chi connectivity index (χ0) is 18.3. The standard InChI is InChI=1S/C19H32F2N2OS/c1-4-5-6-7-15(2)8-11-23-12-9-16-17(10-13-23)25-18(22-16)24-14-19(3,20)21/h15H,4-14H2,1-3H3/t15-/m0/s1. The minimum absolute atomic E-state index is 0.393. The van der Waals surface area contributed by atoms with E-state index >= 15 is 0 Å². The Bertz CT molecular complexity index is 491. The summed E-state index contributed by atoms with van der Waals surface area (Å²) in [4.78, 5) is 8.15. The number of ether oxygens (including phenoxy) is 1. The zero-order valence-corrected chi connectivity index (χ0v) is 16.6. The maximum absolute atomic E-state index is 12.9. The van der Waals surface area contributed by atoms with E-state index in [1.807, 2.05) is 0 Å². The van der Waals surface area contributed by atoms with Crippen LogP contribution < -0.4 is 4.74 Å². The van der Waals surface area contributed by atoms with Gasteiger partial charge in [-0.25, -0.2) is 13.8 Å². The number of fused-ring (bicyclic) bond motifs is 1. The fraction of sp³-hybridized carbons (Fsp3) is 0.842. The Labute approximate surface area is 154 Å². The summed E-state index contributed by atoms with van der Waals surface area (Å²) in [5, 5.41) is 0.393. The summed E-state index contributed by atoms with van der Waals surface area (Å²) < 4.78 is 31.0. The molecule has 1 aromatic heterocycles. The van der Waals surface area contributed by atoms with E-state index in [2.05, 4.69) is 23.7 Å². The second-order valence-corrected chi connectivity index (χ2v) is 8.49. The lowest BCUT2D eigenvalue weighted by atomic mass is 10.00. The summed E-state index contributed by atoms with van der Waals surface area (Å²) in [5.74, 6) is -2.02. The maximum atomic E-state index is 12.9. The van der Waals surface area contributed by atoms with Crippen LogP contribution in [0.2, 0.25) is 0 Å². The third-order valence-corrected chi connectivity index (χ3v) is 5.84. The lowest BCUT2D eigenvalue weighted by Crippen LogP contribution is -2.28. The number of hydrogen-bond acceptors (Lipinski definition) is 4. The van der Waals surface area contributed by atoms with Gasteiger partial charge in [-0.1, -0.05) is 50.9 Å². The molecular weight excluding hydrogens is 342 g/mol. The smallest absolute Gasteiger partial charge is 0.278 e. The number of alkyl halides is 2. The molecule has 0 amide bonds. The van der Waals surface area contributed by atoms with Crippen LogP contribution >= 0.6 is 11.3 Å². The van der Waals surface area contributed by atoms with Crippen molar-refractivity contribution >= 4 is 11.3 Å². The van der Waals surface area contributed by atoms with Crippen LogP contribution in [0.1, 0.15) is 63.4 Å². The number of rotatable bonds is 10. The molecule has 0 fully saturated rings. The van der Waals surface area contributed by atoms with Gasteiger partial charge >= 0.3 is 0 Å². The molecule has 0 radical (unpaired) electrons. The van der Waals surface area contributed by atoms with Gasteiger partial charge in [0.25, 0.3) is 11.1 Å². The molecule has 0 unspecified atom stereocenters. The fourth-order valence-electron chi connectivity index (χ4n) is 3.15. The van der Waals surface area contributed by atoms with Gasteiger partial charge < -0.3 is 9.64 Å². The van der Waals surface area contributed by atoms with E-state index < -0.39 is 12.5 Å². The molecule has 1 aromatic rings. The predicted molar refractivity (Wildman–Crippen MR) is 100 cm³/mol. The molecular formula is C19H32F2N2OS. The molecule has 144 valence electrons. The summed E-state index contributed by atoms with van der Waals surface area (Å²) >= 11 is 1.44. The molecule has 0 N–H and O–H groups in total.